The van der Waals surface area contributed by atoms with Crippen molar-refractivity contribution in [3.8, 4) is 0 Å². The molecule has 0 bridgehead atoms. The average Bonchev–Trinajstić information content (AvgIpc) is 2.46. The molecule has 116 valence electrons. The van der Waals surface area contributed by atoms with Crippen LogP contribution in [-0.4, -0.2) is 54.8 Å². The maximum atomic E-state index is 12.3. The summed E-state index contributed by atoms with van der Waals surface area (Å²) in [5.41, 5.74) is 5.00. The van der Waals surface area contributed by atoms with E-state index in [-0.39, 0.29) is 24.9 Å². The van der Waals surface area contributed by atoms with Crippen LogP contribution in [0.4, 0.5) is 0 Å². The molecule has 1 fully saturated rings. The van der Waals surface area contributed by atoms with Crippen LogP contribution in [0, 0.1) is 5.41 Å². The number of nitrogens with two attached hydrogens (primary N) is 1. The SMILES string of the molecule is CN(CC(=O)N(C)C1CCCCC1)C(=O)C(C)(C)CN. The Balaban J connectivity index is 2.54. The first-order valence-corrected chi connectivity index (χ1v) is 7.51. The second kappa shape index (κ2) is 7.07. The Morgan fingerprint density at radius 2 is 1.70 bits per heavy atom. The summed E-state index contributed by atoms with van der Waals surface area (Å²) in [4.78, 5) is 27.8. The molecule has 5 heteroatoms. The molecule has 0 saturated heterocycles. The fraction of sp³-hybridized carbons (Fsp3) is 0.867. The molecule has 0 heterocycles. The molecule has 0 aliphatic heterocycles. The maximum absolute atomic E-state index is 12.3. The molecule has 0 aromatic rings. The number of hydrogen-bond donors (Lipinski definition) is 1. The number of hydrogen-bond acceptors (Lipinski definition) is 3. The van der Waals surface area contributed by atoms with Crippen molar-refractivity contribution in [2.24, 2.45) is 11.1 Å². The Morgan fingerprint density at radius 1 is 1.15 bits per heavy atom. The second-order valence-electron chi connectivity index (χ2n) is 6.55. The van der Waals surface area contributed by atoms with E-state index >= 15 is 0 Å². The lowest BCUT2D eigenvalue weighted by atomic mass is 9.92. The van der Waals surface area contributed by atoms with Crippen LogP contribution in [0.3, 0.4) is 0 Å². The molecule has 1 saturated carbocycles. The number of nitrogens with zero attached hydrogens (tertiary/aromatic N) is 2. The van der Waals surface area contributed by atoms with Crippen molar-refractivity contribution >= 4 is 11.8 Å². The summed E-state index contributed by atoms with van der Waals surface area (Å²) >= 11 is 0. The van der Waals surface area contributed by atoms with Gasteiger partial charge in [0.2, 0.25) is 11.8 Å². The quantitative estimate of drug-likeness (QED) is 0.825. The van der Waals surface area contributed by atoms with Gasteiger partial charge in [-0.25, -0.2) is 0 Å². The molecule has 0 unspecified atom stereocenters. The van der Waals surface area contributed by atoms with Gasteiger partial charge >= 0.3 is 0 Å². The van der Waals surface area contributed by atoms with Gasteiger partial charge in [0.15, 0.2) is 0 Å². The van der Waals surface area contributed by atoms with Crippen molar-refractivity contribution in [3.63, 3.8) is 0 Å². The fourth-order valence-electron chi connectivity index (χ4n) is 2.66. The van der Waals surface area contributed by atoms with Crippen LogP contribution in [0.5, 0.6) is 0 Å². The molecule has 0 spiro atoms. The predicted octanol–water partition coefficient (Wildman–Crippen LogP) is 1.22. The molecule has 1 rings (SSSR count). The van der Waals surface area contributed by atoms with E-state index in [0.29, 0.717) is 6.04 Å². The van der Waals surface area contributed by atoms with E-state index < -0.39 is 5.41 Å². The van der Waals surface area contributed by atoms with E-state index in [0.717, 1.165) is 12.8 Å². The third-order valence-corrected chi connectivity index (χ3v) is 4.32. The van der Waals surface area contributed by atoms with Gasteiger partial charge in [-0.3, -0.25) is 9.59 Å². The van der Waals surface area contributed by atoms with Crippen molar-refractivity contribution in [1.29, 1.82) is 0 Å². The smallest absolute Gasteiger partial charge is 0.242 e. The fourth-order valence-corrected chi connectivity index (χ4v) is 2.66. The Morgan fingerprint density at radius 3 is 2.20 bits per heavy atom. The zero-order chi connectivity index (χ0) is 15.3. The van der Waals surface area contributed by atoms with E-state index in [4.69, 9.17) is 5.73 Å². The number of carbonyl (C=O) groups is 2. The molecule has 2 N–H and O–H groups in total. The topological polar surface area (TPSA) is 66.6 Å². The first-order chi connectivity index (χ1) is 9.29. The third-order valence-electron chi connectivity index (χ3n) is 4.32. The first-order valence-electron chi connectivity index (χ1n) is 7.51. The van der Waals surface area contributed by atoms with E-state index in [1.165, 1.54) is 24.2 Å². The van der Waals surface area contributed by atoms with E-state index in [2.05, 4.69) is 0 Å². The summed E-state index contributed by atoms with van der Waals surface area (Å²) in [7, 11) is 3.52. The lowest BCUT2D eigenvalue weighted by Crippen LogP contribution is -2.48. The van der Waals surface area contributed by atoms with Crippen molar-refractivity contribution in [1.82, 2.24) is 9.80 Å². The highest BCUT2D eigenvalue weighted by Gasteiger charge is 2.31. The summed E-state index contributed by atoms with van der Waals surface area (Å²) in [5.74, 6) is -0.0639. The van der Waals surface area contributed by atoms with Crippen LogP contribution >= 0.6 is 0 Å². The molecular formula is C15H29N3O2. The zero-order valence-electron chi connectivity index (χ0n) is 13.3. The summed E-state index contributed by atoms with van der Waals surface area (Å²) in [5, 5.41) is 0. The molecule has 1 aliphatic rings. The van der Waals surface area contributed by atoms with Crippen LogP contribution in [-0.2, 0) is 9.59 Å². The van der Waals surface area contributed by atoms with Crippen molar-refractivity contribution in [2.45, 2.75) is 52.0 Å². The lowest BCUT2D eigenvalue weighted by molar-refractivity contribution is -0.145. The van der Waals surface area contributed by atoms with Gasteiger partial charge in [-0.1, -0.05) is 19.3 Å². The van der Waals surface area contributed by atoms with Gasteiger partial charge in [-0.05, 0) is 26.7 Å². The van der Waals surface area contributed by atoms with E-state index in [1.54, 1.807) is 20.9 Å². The molecular weight excluding hydrogens is 254 g/mol. The molecule has 5 nitrogen and oxygen atoms in total. The molecule has 0 aromatic carbocycles. The van der Waals surface area contributed by atoms with Gasteiger partial charge in [-0.2, -0.15) is 0 Å². The van der Waals surface area contributed by atoms with Gasteiger partial charge in [-0.15, -0.1) is 0 Å². The van der Waals surface area contributed by atoms with Gasteiger partial charge in [0.25, 0.3) is 0 Å². The van der Waals surface area contributed by atoms with Crippen molar-refractivity contribution < 1.29 is 9.59 Å². The monoisotopic (exact) mass is 283 g/mol. The standard InChI is InChI=1S/C15H29N3O2/c1-15(2,11-16)14(20)17(3)10-13(19)18(4)12-8-6-5-7-9-12/h12H,5-11,16H2,1-4H3. The summed E-state index contributed by atoms with van der Waals surface area (Å²) in [6, 6.07) is 0.335. The summed E-state index contributed by atoms with van der Waals surface area (Å²) in [6.45, 7) is 4.03. The van der Waals surface area contributed by atoms with Crippen LogP contribution in [0.1, 0.15) is 46.0 Å². The van der Waals surface area contributed by atoms with Crippen LogP contribution in [0.25, 0.3) is 0 Å². The third kappa shape index (κ3) is 4.20. The van der Waals surface area contributed by atoms with E-state index in [9.17, 15) is 9.59 Å². The number of likely N-dealkylation sites (N-methyl/N-ethyl adjacent to an activating group) is 2. The van der Waals surface area contributed by atoms with E-state index in [1.807, 2.05) is 11.9 Å². The highest BCUT2D eigenvalue weighted by molar-refractivity contribution is 5.87. The molecule has 0 radical (unpaired) electrons. The minimum absolute atomic E-state index is 0.0144. The highest BCUT2D eigenvalue weighted by atomic mass is 16.2. The molecule has 1 aliphatic carbocycles. The number of amides is 2. The molecule has 0 atom stereocenters. The minimum atomic E-state index is -0.613. The average molecular weight is 283 g/mol. The maximum Gasteiger partial charge on any atom is 0.242 e. The Hall–Kier alpha value is -1.10. The first kappa shape index (κ1) is 17.0. The number of carbonyl (C=O) groups excluding carboxylic acids is 2. The van der Waals surface area contributed by atoms with Crippen LogP contribution < -0.4 is 5.73 Å². The van der Waals surface area contributed by atoms with Crippen molar-refractivity contribution in [3.05, 3.63) is 0 Å². The zero-order valence-corrected chi connectivity index (χ0v) is 13.3. The van der Waals surface area contributed by atoms with Crippen molar-refractivity contribution in [2.75, 3.05) is 27.2 Å². The van der Waals surface area contributed by atoms with Gasteiger partial charge < -0.3 is 15.5 Å². The van der Waals surface area contributed by atoms with Gasteiger partial charge in [0.1, 0.15) is 0 Å². The summed E-state index contributed by atoms with van der Waals surface area (Å²) in [6.07, 6.45) is 5.80. The lowest BCUT2D eigenvalue weighted by Gasteiger charge is -2.33. The normalized spacial score (nSPS) is 16.9. The number of rotatable bonds is 5. The molecule has 0 aromatic heterocycles. The molecule has 20 heavy (non-hydrogen) atoms. The van der Waals surface area contributed by atoms with Crippen LogP contribution in [0.15, 0.2) is 0 Å². The Labute approximate surface area is 122 Å². The largest absolute Gasteiger partial charge is 0.341 e. The minimum Gasteiger partial charge on any atom is -0.341 e. The van der Waals surface area contributed by atoms with Crippen LogP contribution in [0.2, 0.25) is 0 Å². The Kier molecular flexibility index (Phi) is 5.99. The summed E-state index contributed by atoms with van der Waals surface area (Å²) < 4.78 is 0. The van der Waals surface area contributed by atoms with Gasteiger partial charge in [0.05, 0.1) is 12.0 Å². The highest BCUT2D eigenvalue weighted by Crippen LogP contribution is 2.22. The van der Waals surface area contributed by atoms with Gasteiger partial charge in [0, 0.05) is 26.7 Å². The molecule has 2 amide bonds. The predicted molar refractivity (Wildman–Crippen MR) is 80.1 cm³/mol. The second-order valence-corrected chi connectivity index (χ2v) is 6.55. The Bertz CT molecular complexity index is 349.